The van der Waals surface area contributed by atoms with Crippen LogP contribution in [0.2, 0.25) is 0 Å². The van der Waals surface area contributed by atoms with E-state index in [1.165, 1.54) is 0 Å². The minimum Gasteiger partial charge on any atom is -0.464 e. The maximum atomic E-state index is 5.78. The number of para-hydroxylation sites is 1. The van der Waals surface area contributed by atoms with Crippen molar-refractivity contribution in [3.05, 3.63) is 28.7 Å². The fourth-order valence-electron chi connectivity index (χ4n) is 1.22. The Morgan fingerprint density at radius 1 is 1.25 bits per heavy atom. The maximum absolute atomic E-state index is 5.78. The van der Waals surface area contributed by atoms with Crippen molar-refractivity contribution < 1.29 is 9.47 Å². The van der Waals surface area contributed by atoms with Gasteiger partial charge in [0.1, 0.15) is 5.75 Å². The molecule has 16 heavy (non-hydrogen) atoms. The summed E-state index contributed by atoms with van der Waals surface area (Å²) in [6.07, 6.45) is 0.676. The second-order valence-electron chi connectivity index (χ2n) is 4.11. The molecule has 0 aliphatic carbocycles. The Labute approximate surface area is 106 Å². The molecule has 1 unspecified atom stereocenters. The van der Waals surface area contributed by atoms with Crippen molar-refractivity contribution in [2.45, 2.75) is 33.5 Å². The fourth-order valence-corrected chi connectivity index (χ4v) is 1.60. The molecule has 0 aliphatic heterocycles. The number of benzene rings is 1. The van der Waals surface area contributed by atoms with Crippen molar-refractivity contribution in [2.24, 2.45) is 5.92 Å². The summed E-state index contributed by atoms with van der Waals surface area (Å²) >= 11 is 3.45. The zero-order valence-corrected chi connectivity index (χ0v) is 11.7. The Morgan fingerprint density at radius 3 is 2.50 bits per heavy atom. The second kappa shape index (κ2) is 6.92. The van der Waals surface area contributed by atoms with Crippen molar-refractivity contribution in [2.75, 3.05) is 6.61 Å². The van der Waals surface area contributed by atoms with Gasteiger partial charge in [-0.3, -0.25) is 0 Å². The quantitative estimate of drug-likeness (QED) is 0.729. The van der Waals surface area contributed by atoms with E-state index in [9.17, 15) is 0 Å². The highest BCUT2D eigenvalue weighted by Gasteiger charge is 2.10. The third-order valence-electron chi connectivity index (χ3n) is 2.04. The van der Waals surface area contributed by atoms with Crippen LogP contribution < -0.4 is 4.74 Å². The highest BCUT2D eigenvalue weighted by molar-refractivity contribution is 9.10. The standard InChI is InChI=1S/C13H19BrO2/c1-4-13(15-9-10(2)3)16-12-8-6-5-7-11(12)14/h5-8,10,13H,4,9H2,1-3H3. The average Bonchev–Trinajstić information content (AvgIpc) is 2.26. The van der Waals surface area contributed by atoms with Crippen molar-refractivity contribution in [1.29, 1.82) is 0 Å². The molecule has 0 aromatic heterocycles. The summed E-state index contributed by atoms with van der Waals surface area (Å²) in [5.74, 6) is 1.36. The Bertz CT molecular complexity index is 313. The Kier molecular flexibility index (Phi) is 5.85. The largest absolute Gasteiger partial charge is 0.464 e. The minimum absolute atomic E-state index is 0.166. The zero-order valence-electron chi connectivity index (χ0n) is 10.1. The van der Waals surface area contributed by atoms with Crippen LogP contribution in [-0.4, -0.2) is 12.9 Å². The van der Waals surface area contributed by atoms with Crippen LogP contribution in [0.4, 0.5) is 0 Å². The van der Waals surface area contributed by atoms with Crippen LogP contribution in [0.3, 0.4) is 0 Å². The summed E-state index contributed by atoms with van der Waals surface area (Å²) in [6, 6.07) is 7.82. The second-order valence-corrected chi connectivity index (χ2v) is 4.97. The van der Waals surface area contributed by atoms with Crippen LogP contribution in [0, 0.1) is 5.92 Å². The molecule has 0 N–H and O–H groups in total. The topological polar surface area (TPSA) is 18.5 Å². The normalized spacial score (nSPS) is 12.8. The minimum atomic E-state index is -0.166. The van der Waals surface area contributed by atoms with Crippen molar-refractivity contribution in [1.82, 2.24) is 0 Å². The van der Waals surface area contributed by atoms with Crippen molar-refractivity contribution >= 4 is 15.9 Å². The lowest BCUT2D eigenvalue weighted by atomic mass is 10.2. The molecule has 0 spiro atoms. The number of hydrogen-bond acceptors (Lipinski definition) is 2. The lowest BCUT2D eigenvalue weighted by Crippen LogP contribution is -2.22. The Balaban J connectivity index is 2.53. The molecular weight excluding hydrogens is 268 g/mol. The van der Waals surface area contributed by atoms with E-state index < -0.39 is 0 Å². The molecule has 0 saturated heterocycles. The molecule has 1 atom stereocenters. The first kappa shape index (κ1) is 13.5. The van der Waals surface area contributed by atoms with Crippen molar-refractivity contribution in [3.8, 4) is 5.75 Å². The average molecular weight is 287 g/mol. The predicted molar refractivity (Wildman–Crippen MR) is 69.6 cm³/mol. The molecule has 0 bridgehead atoms. The van der Waals surface area contributed by atoms with Gasteiger partial charge < -0.3 is 9.47 Å². The number of halogens is 1. The van der Waals surface area contributed by atoms with Crippen molar-refractivity contribution in [3.63, 3.8) is 0 Å². The smallest absolute Gasteiger partial charge is 0.199 e. The van der Waals surface area contributed by atoms with Gasteiger partial charge in [-0.25, -0.2) is 0 Å². The molecule has 1 aromatic rings. The van der Waals surface area contributed by atoms with Gasteiger partial charge >= 0.3 is 0 Å². The number of hydrogen-bond donors (Lipinski definition) is 0. The molecule has 1 aromatic carbocycles. The summed E-state index contributed by atoms with van der Waals surface area (Å²) in [4.78, 5) is 0. The van der Waals surface area contributed by atoms with E-state index in [1.54, 1.807) is 0 Å². The lowest BCUT2D eigenvalue weighted by Gasteiger charge is -2.19. The molecule has 2 nitrogen and oxygen atoms in total. The van der Waals surface area contributed by atoms with Crippen LogP contribution in [0.1, 0.15) is 27.2 Å². The van der Waals surface area contributed by atoms with E-state index in [-0.39, 0.29) is 6.29 Å². The Hall–Kier alpha value is -0.540. The first-order valence-corrected chi connectivity index (χ1v) is 6.45. The van der Waals surface area contributed by atoms with E-state index in [2.05, 4.69) is 36.7 Å². The van der Waals surface area contributed by atoms with Crippen LogP contribution in [0.25, 0.3) is 0 Å². The molecule has 90 valence electrons. The van der Waals surface area contributed by atoms with Gasteiger partial charge in [0.25, 0.3) is 0 Å². The van der Waals surface area contributed by atoms with Gasteiger partial charge in [0.05, 0.1) is 11.1 Å². The molecular formula is C13H19BrO2. The number of rotatable bonds is 6. The number of ether oxygens (including phenoxy) is 2. The van der Waals surface area contributed by atoms with Gasteiger partial charge in [-0.2, -0.15) is 0 Å². The Morgan fingerprint density at radius 2 is 1.94 bits per heavy atom. The molecule has 0 fully saturated rings. The van der Waals surface area contributed by atoms with E-state index in [0.29, 0.717) is 5.92 Å². The van der Waals surface area contributed by atoms with E-state index in [1.807, 2.05) is 24.3 Å². The van der Waals surface area contributed by atoms with Gasteiger partial charge in [-0.05, 0) is 34.0 Å². The molecule has 0 saturated carbocycles. The van der Waals surface area contributed by atoms with Gasteiger partial charge in [-0.1, -0.05) is 32.9 Å². The van der Waals surface area contributed by atoms with Gasteiger partial charge in [0, 0.05) is 6.42 Å². The van der Waals surface area contributed by atoms with Gasteiger partial charge in [-0.15, -0.1) is 0 Å². The fraction of sp³-hybridized carbons (Fsp3) is 0.538. The van der Waals surface area contributed by atoms with E-state index >= 15 is 0 Å². The molecule has 3 heteroatoms. The monoisotopic (exact) mass is 286 g/mol. The summed E-state index contributed by atoms with van der Waals surface area (Å²) < 4.78 is 12.4. The zero-order chi connectivity index (χ0) is 12.0. The van der Waals surface area contributed by atoms with Gasteiger partial charge in [0.15, 0.2) is 6.29 Å². The molecule has 1 rings (SSSR count). The highest BCUT2D eigenvalue weighted by Crippen LogP contribution is 2.25. The highest BCUT2D eigenvalue weighted by atomic mass is 79.9. The third kappa shape index (κ3) is 4.54. The predicted octanol–water partition coefficient (Wildman–Crippen LogP) is 4.24. The maximum Gasteiger partial charge on any atom is 0.199 e. The van der Waals surface area contributed by atoms with E-state index in [4.69, 9.17) is 9.47 Å². The molecule has 0 heterocycles. The summed E-state index contributed by atoms with van der Waals surface area (Å²) in [6.45, 7) is 7.04. The summed E-state index contributed by atoms with van der Waals surface area (Å²) in [5, 5.41) is 0. The summed E-state index contributed by atoms with van der Waals surface area (Å²) in [5.41, 5.74) is 0. The first-order valence-electron chi connectivity index (χ1n) is 5.66. The SMILES string of the molecule is CCC(OCC(C)C)Oc1ccccc1Br. The van der Waals surface area contributed by atoms with Crippen LogP contribution in [0.5, 0.6) is 5.75 Å². The first-order chi connectivity index (χ1) is 7.63. The van der Waals surface area contributed by atoms with Crippen LogP contribution >= 0.6 is 15.9 Å². The lowest BCUT2D eigenvalue weighted by molar-refractivity contribution is -0.0902. The third-order valence-corrected chi connectivity index (χ3v) is 2.70. The van der Waals surface area contributed by atoms with Crippen LogP contribution in [-0.2, 0) is 4.74 Å². The summed E-state index contributed by atoms with van der Waals surface area (Å²) in [7, 11) is 0. The molecule has 0 aliphatic rings. The van der Waals surface area contributed by atoms with Crippen LogP contribution in [0.15, 0.2) is 28.7 Å². The molecule has 0 amide bonds. The van der Waals surface area contributed by atoms with Gasteiger partial charge in [0.2, 0.25) is 0 Å². The molecule has 0 radical (unpaired) electrons. The van der Waals surface area contributed by atoms with E-state index in [0.717, 1.165) is 23.2 Å².